The second kappa shape index (κ2) is 7.99. The Bertz CT molecular complexity index is 1200. The van der Waals surface area contributed by atoms with E-state index in [1.165, 1.54) is 0 Å². The molecule has 0 radical (unpaired) electrons. The Morgan fingerprint density at radius 2 is 1.70 bits per heavy atom. The molecule has 0 aliphatic heterocycles. The zero-order valence-corrected chi connectivity index (χ0v) is 17.7. The molecular weight excluding hydrogens is 374 g/mol. The third-order valence-electron chi connectivity index (χ3n) is 5.14. The fourth-order valence-corrected chi connectivity index (χ4v) is 3.74. The molecule has 0 bridgehead atoms. The molecule has 0 fully saturated rings. The number of amides is 1. The molecule has 4 rings (SSSR count). The molecule has 0 saturated carbocycles. The van der Waals surface area contributed by atoms with Gasteiger partial charge in [-0.1, -0.05) is 30.3 Å². The summed E-state index contributed by atoms with van der Waals surface area (Å²) in [6.07, 6.45) is 0. The molecule has 0 aliphatic rings. The highest BCUT2D eigenvalue weighted by molar-refractivity contribution is 6.06. The van der Waals surface area contributed by atoms with Crippen LogP contribution in [-0.2, 0) is 6.54 Å². The van der Waals surface area contributed by atoms with Gasteiger partial charge in [0, 0.05) is 11.4 Å². The third-order valence-corrected chi connectivity index (χ3v) is 5.14. The number of aryl methyl sites for hydroxylation is 3. The van der Waals surface area contributed by atoms with Crippen LogP contribution in [0.1, 0.15) is 38.7 Å². The lowest BCUT2D eigenvalue weighted by molar-refractivity contribution is 0.102. The number of nitrogens with one attached hydrogen (secondary N) is 1. The average molecular weight is 399 g/mol. The molecule has 1 amide bonds. The summed E-state index contributed by atoms with van der Waals surface area (Å²) in [7, 11) is 0. The number of carbonyl (C=O) groups is 1. The summed E-state index contributed by atoms with van der Waals surface area (Å²) in [5, 5.41) is 12.1. The van der Waals surface area contributed by atoms with Gasteiger partial charge in [0.25, 0.3) is 5.91 Å². The number of para-hydroxylation sites is 1. The van der Waals surface area contributed by atoms with Gasteiger partial charge < -0.3 is 5.32 Å². The first-order chi connectivity index (χ1) is 14.4. The number of nitrogens with zero attached hydrogens (tertiary/aromatic N) is 4. The molecule has 0 unspecified atom stereocenters. The molecular formula is C24H25N5O. The van der Waals surface area contributed by atoms with E-state index in [9.17, 15) is 4.79 Å². The van der Waals surface area contributed by atoms with Crippen molar-refractivity contribution in [3.05, 3.63) is 94.6 Å². The van der Waals surface area contributed by atoms with Gasteiger partial charge in [-0.3, -0.25) is 9.48 Å². The second-order valence-corrected chi connectivity index (χ2v) is 7.53. The van der Waals surface area contributed by atoms with Crippen LogP contribution in [0.3, 0.4) is 0 Å². The minimum atomic E-state index is -0.157. The molecule has 6 heteroatoms. The summed E-state index contributed by atoms with van der Waals surface area (Å²) in [6.45, 7) is 8.47. The number of anilines is 1. The Morgan fingerprint density at radius 1 is 0.933 bits per heavy atom. The van der Waals surface area contributed by atoms with Gasteiger partial charge in [0.1, 0.15) is 0 Å². The summed E-state index contributed by atoms with van der Waals surface area (Å²) >= 11 is 0. The first-order valence-corrected chi connectivity index (χ1v) is 9.95. The van der Waals surface area contributed by atoms with Crippen LogP contribution in [0.4, 0.5) is 5.69 Å². The quantitative estimate of drug-likeness (QED) is 0.533. The van der Waals surface area contributed by atoms with Gasteiger partial charge in [0.2, 0.25) is 0 Å². The van der Waals surface area contributed by atoms with Gasteiger partial charge >= 0.3 is 0 Å². The number of hydrogen-bond acceptors (Lipinski definition) is 3. The minimum Gasteiger partial charge on any atom is -0.322 e. The van der Waals surface area contributed by atoms with Crippen molar-refractivity contribution < 1.29 is 4.79 Å². The van der Waals surface area contributed by atoms with Crippen LogP contribution in [-0.4, -0.2) is 25.5 Å². The zero-order valence-electron chi connectivity index (χ0n) is 17.7. The molecule has 4 aromatic rings. The van der Waals surface area contributed by atoms with Gasteiger partial charge in [-0.2, -0.15) is 10.2 Å². The number of hydrogen-bond donors (Lipinski definition) is 1. The van der Waals surface area contributed by atoms with E-state index in [2.05, 4.69) is 21.6 Å². The van der Waals surface area contributed by atoms with Crippen molar-refractivity contribution in [3.63, 3.8) is 0 Å². The van der Waals surface area contributed by atoms with Crippen molar-refractivity contribution in [2.45, 2.75) is 34.2 Å². The molecule has 0 atom stereocenters. The molecule has 152 valence electrons. The van der Waals surface area contributed by atoms with E-state index in [-0.39, 0.29) is 5.91 Å². The van der Waals surface area contributed by atoms with Gasteiger partial charge in [0.15, 0.2) is 0 Å². The molecule has 2 aromatic carbocycles. The molecule has 6 nitrogen and oxygen atoms in total. The average Bonchev–Trinajstić information content (AvgIpc) is 3.19. The highest BCUT2D eigenvalue weighted by atomic mass is 16.1. The van der Waals surface area contributed by atoms with Crippen molar-refractivity contribution in [2.75, 3.05) is 5.32 Å². The van der Waals surface area contributed by atoms with Crippen molar-refractivity contribution in [3.8, 4) is 5.69 Å². The van der Waals surface area contributed by atoms with E-state index >= 15 is 0 Å². The first-order valence-electron chi connectivity index (χ1n) is 9.95. The molecule has 0 saturated heterocycles. The van der Waals surface area contributed by atoms with Crippen LogP contribution in [0.5, 0.6) is 0 Å². The Labute approximate surface area is 176 Å². The van der Waals surface area contributed by atoms with E-state index in [4.69, 9.17) is 0 Å². The fraction of sp³-hybridized carbons (Fsp3) is 0.208. The highest BCUT2D eigenvalue weighted by Crippen LogP contribution is 2.20. The Hall–Kier alpha value is -3.67. The van der Waals surface area contributed by atoms with Crippen molar-refractivity contribution >= 4 is 11.6 Å². The monoisotopic (exact) mass is 399 g/mol. The molecule has 0 aliphatic carbocycles. The zero-order chi connectivity index (χ0) is 21.3. The molecule has 0 spiro atoms. The van der Waals surface area contributed by atoms with E-state index < -0.39 is 0 Å². The van der Waals surface area contributed by atoms with Crippen molar-refractivity contribution in [2.24, 2.45) is 0 Å². The Morgan fingerprint density at radius 3 is 2.40 bits per heavy atom. The van der Waals surface area contributed by atoms with Gasteiger partial charge in [-0.25, -0.2) is 4.68 Å². The van der Waals surface area contributed by atoms with Crippen LogP contribution in [0.2, 0.25) is 0 Å². The maximum absolute atomic E-state index is 13.0. The number of aromatic nitrogens is 4. The lowest BCUT2D eigenvalue weighted by atomic mass is 10.1. The summed E-state index contributed by atoms with van der Waals surface area (Å²) in [6, 6.07) is 19.8. The second-order valence-electron chi connectivity index (χ2n) is 7.53. The summed E-state index contributed by atoms with van der Waals surface area (Å²) < 4.78 is 3.78. The number of carbonyl (C=O) groups excluding carboxylic acids is 1. The van der Waals surface area contributed by atoms with E-state index in [1.807, 2.05) is 91.7 Å². The number of rotatable bonds is 5. The van der Waals surface area contributed by atoms with Crippen LogP contribution < -0.4 is 5.32 Å². The summed E-state index contributed by atoms with van der Waals surface area (Å²) in [5.41, 5.74) is 6.99. The lowest BCUT2D eigenvalue weighted by Gasteiger charge is -2.09. The van der Waals surface area contributed by atoms with Crippen LogP contribution in [0.15, 0.2) is 60.7 Å². The van der Waals surface area contributed by atoms with Crippen molar-refractivity contribution in [1.29, 1.82) is 0 Å². The van der Waals surface area contributed by atoms with Gasteiger partial charge in [-0.15, -0.1) is 0 Å². The van der Waals surface area contributed by atoms with Gasteiger partial charge in [0.05, 0.1) is 34.9 Å². The van der Waals surface area contributed by atoms with E-state index in [0.29, 0.717) is 17.8 Å². The summed E-state index contributed by atoms with van der Waals surface area (Å²) in [4.78, 5) is 13.0. The van der Waals surface area contributed by atoms with E-state index in [1.54, 1.807) is 0 Å². The largest absolute Gasteiger partial charge is 0.322 e. The van der Waals surface area contributed by atoms with Gasteiger partial charge in [-0.05, 0) is 63.6 Å². The molecule has 1 N–H and O–H groups in total. The fourth-order valence-electron chi connectivity index (χ4n) is 3.74. The predicted molar refractivity (Wildman–Crippen MR) is 118 cm³/mol. The topological polar surface area (TPSA) is 64.7 Å². The summed E-state index contributed by atoms with van der Waals surface area (Å²) in [5.74, 6) is -0.157. The first kappa shape index (κ1) is 19.6. The van der Waals surface area contributed by atoms with Crippen LogP contribution in [0.25, 0.3) is 5.69 Å². The Balaban J connectivity index is 1.56. The maximum Gasteiger partial charge on any atom is 0.259 e. The molecule has 2 aromatic heterocycles. The normalized spacial score (nSPS) is 10.9. The van der Waals surface area contributed by atoms with Crippen LogP contribution in [0, 0.1) is 27.7 Å². The predicted octanol–water partition coefficient (Wildman–Crippen LogP) is 4.60. The van der Waals surface area contributed by atoms with E-state index in [0.717, 1.165) is 34.0 Å². The molecule has 2 heterocycles. The SMILES string of the molecule is Cc1cc(C)n(Cc2cccc(NC(=O)c3c(C)nn(-c4ccccc4)c3C)c2)n1. The third kappa shape index (κ3) is 3.89. The maximum atomic E-state index is 13.0. The molecule has 30 heavy (non-hydrogen) atoms. The van der Waals surface area contributed by atoms with Crippen LogP contribution >= 0.6 is 0 Å². The standard InChI is InChI=1S/C24H25N5O/c1-16-13-17(2)28(26-16)15-20-9-8-10-21(14-20)25-24(30)23-18(3)27-29(19(23)4)22-11-6-5-7-12-22/h5-14H,15H2,1-4H3,(H,25,30). The van der Waals surface area contributed by atoms with Crippen molar-refractivity contribution in [1.82, 2.24) is 19.6 Å². The highest BCUT2D eigenvalue weighted by Gasteiger charge is 2.19. The minimum absolute atomic E-state index is 0.157. The number of benzene rings is 2. The Kier molecular flexibility index (Phi) is 5.23. The lowest BCUT2D eigenvalue weighted by Crippen LogP contribution is -2.14. The smallest absolute Gasteiger partial charge is 0.259 e.